The highest BCUT2D eigenvalue weighted by molar-refractivity contribution is 6.22. The van der Waals surface area contributed by atoms with Crippen molar-refractivity contribution in [2.24, 2.45) is 15.7 Å². The molecule has 11 aromatic rings. The van der Waals surface area contributed by atoms with Crippen molar-refractivity contribution in [3.8, 4) is 5.69 Å². The minimum absolute atomic E-state index is 0.295. The number of benzene rings is 8. The van der Waals surface area contributed by atoms with Gasteiger partial charge in [0.2, 0.25) is 0 Å². The summed E-state index contributed by atoms with van der Waals surface area (Å²) in [6.45, 7) is 4.35. The molecule has 0 saturated carbocycles. The van der Waals surface area contributed by atoms with Crippen molar-refractivity contribution < 1.29 is 8.83 Å². The summed E-state index contributed by atoms with van der Waals surface area (Å²) in [5, 5.41) is 8.60. The molecule has 264 valence electrons. The van der Waals surface area contributed by atoms with E-state index in [1.807, 2.05) is 91.0 Å². The molecular weight excluding hydrogens is 689 g/mol. The summed E-state index contributed by atoms with van der Waals surface area (Å²) in [4.78, 5) is 10.3. The van der Waals surface area contributed by atoms with E-state index in [4.69, 9.17) is 24.6 Å². The lowest BCUT2D eigenvalue weighted by molar-refractivity contribution is 0.668. The lowest BCUT2D eigenvalue weighted by atomic mass is 10.0. The summed E-state index contributed by atoms with van der Waals surface area (Å²) < 4.78 is 15.1. The molecule has 0 radical (unpaired) electrons. The Balaban J connectivity index is 1.20. The maximum absolute atomic E-state index is 7.28. The first kappa shape index (κ1) is 31.8. The number of fused-ring (bicyclic) bond motifs is 10. The van der Waals surface area contributed by atoms with Crippen LogP contribution < -0.4 is 5.73 Å². The minimum atomic E-state index is 0.295. The average molecular weight is 721 g/mol. The van der Waals surface area contributed by atoms with Crippen molar-refractivity contribution in [2.45, 2.75) is 0 Å². The third kappa shape index (κ3) is 4.97. The standard InChI is InChI=1S/C50H32N4O2/c1-30(31-13-3-2-4-14-31)52-50(34-23-24-37-36-18-8-11-21-43(36)56-46(37)29-34)53-49(51)39-25-26-45-47(38-19-9-12-22-44(38)55-45)48(39)54-41-20-10-7-17-35(41)40-27-32-15-5-6-16-33(32)28-42(40)54/h2-29H,1H2,(H2,51,52,53). The number of aliphatic imine (C=N–C) groups is 2. The Labute approximate surface area is 320 Å². The van der Waals surface area contributed by atoms with Crippen LogP contribution in [0.3, 0.4) is 0 Å². The van der Waals surface area contributed by atoms with Gasteiger partial charge in [-0.2, -0.15) is 0 Å². The highest BCUT2D eigenvalue weighted by Crippen LogP contribution is 2.41. The molecule has 0 fully saturated rings. The predicted octanol–water partition coefficient (Wildman–Crippen LogP) is 12.6. The van der Waals surface area contributed by atoms with Crippen LogP contribution >= 0.6 is 0 Å². The Morgan fingerprint density at radius 3 is 1.95 bits per heavy atom. The fraction of sp³-hybridized carbons (Fsp3) is 0. The third-order valence-corrected chi connectivity index (χ3v) is 10.8. The van der Waals surface area contributed by atoms with E-state index in [1.54, 1.807) is 0 Å². The number of hydrogen-bond acceptors (Lipinski definition) is 3. The smallest absolute Gasteiger partial charge is 0.162 e. The van der Waals surface area contributed by atoms with Crippen LogP contribution in [-0.2, 0) is 0 Å². The van der Waals surface area contributed by atoms with Crippen LogP contribution in [0.1, 0.15) is 16.7 Å². The van der Waals surface area contributed by atoms with Gasteiger partial charge in [-0.05, 0) is 70.9 Å². The van der Waals surface area contributed by atoms with E-state index in [1.165, 1.54) is 5.39 Å². The second kappa shape index (κ2) is 12.4. The van der Waals surface area contributed by atoms with E-state index < -0.39 is 0 Å². The Morgan fingerprint density at radius 1 is 0.482 bits per heavy atom. The summed E-state index contributed by atoms with van der Waals surface area (Å²) >= 11 is 0. The van der Waals surface area contributed by atoms with Crippen molar-refractivity contribution in [1.82, 2.24) is 4.57 Å². The minimum Gasteiger partial charge on any atom is -0.456 e. The van der Waals surface area contributed by atoms with Gasteiger partial charge in [0.15, 0.2) is 5.84 Å². The Bertz CT molecular complexity index is 3450. The highest BCUT2D eigenvalue weighted by atomic mass is 16.3. The molecule has 11 rings (SSSR count). The van der Waals surface area contributed by atoms with E-state index in [-0.39, 0.29) is 0 Å². The quantitative estimate of drug-likeness (QED) is 0.142. The van der Waals surface area contributed by atoms with Gasteiger partial charge >= 0.3 is 0 Å². The first-order valence-electron chi connectivity index (χ1n) is 18.5. The number of hydrogen-bond donors (Lipinski definition) is 1. The molecule has 0 spiro atoms. The first-order chi connectivity index (χ1) is 27.6. The van der Waals surface area contributed by atoms with Crippen LogP contribution in [0.25, 0.3) is 87.8 Å². The van der Waals surface area contributed by atoms with E-state index in [0.29, 0.717) is 17.4 Å². The summed E-state index contributed by atoms with van der Waals surface area (Å²) in [5.41, 5.74) is 16.3. The molecule has 0 aliphatic heterocycles. The van der Waals surface area contributed by atoms with Crippen LogP contribution in [-0.4, -0.2) is 16.2 Å². The van der Waals surface area contributed by atoms with Crippen molar-refractivity contribution >= 4 is 93.8 Å². The Hall–Kier alpha value is -7.70. The molecule has 0 aliphatic carbocycles. The molecule has 0 aliphatic rings. The Morgan fingerprint density at radius 2 is 1.12 bits per heavy atom. The molecule has 6 heteroatoms. The van der Waals surface area contributed by atoms with Gasteiger partial charge in [0.05, 0.1) is 27.8 Å². The maximum Gasteiger partial charge on any atom is 0.162 e. The van der Waals surface area contributed by atoms with Gasteiger partial charge in [-0.1, -0.05) is 122 Å². The largest absolute Gasteiger partial charge is 0.456 e. The van der Waals surface area contributed by atoms with Crippen LogP contribution in [0.4, 0.5) is 0 Å². The molecule has 8 aromatic carbocycles. The lowest BCUT2D eigenvalue weighted by Gasteiger charge is -2.16. The van der Waals surface area contributed by atoms with E-state index in [9.17, 15) is 0 Å². The van der Waals surface area contributed by atoms with Gasteiger partial charge in [-0.25, -0.2) is 9.98 Å². The summed E-state index contributed by atoms with van der Waals surface area (Å²) in [7, 11) is 0. The maximum atomic E-state index is 7.28. The number of rotatable bonds is 5. The van der Waals surface area contributed by atoms with Gasteiger partial charge in [0.1, 0.15) is 28.2 Å². The van der Waals surface area contributed by atoms with E-state index in [2.05, 4.69) is 90.0 Å². The normalized spacial score (nSPS) is 12.6. The number of nitrogens with two attached hydrogens (primary N) is 1. The first-order valence-corrected chi connectivity index (χ1v) is 18.5. The molecule has 0 bridgehead atoms. The number of furan rings is 2. The van der Waals surface area contributed by atoms with Gasteiger partial charge in [0.25, 0.3) is 0 Å². The van der Waals surface area contributed by atoms with Gasteiger partial charge in [-0.3, -0.25) is 0 Å². The van der Waals surface area contributed by atoms with Crippen LogP contribution in [0.5, 0.6) is 0 Å². The van der Waals surface area contributed by atoms with Crippen LogP contribution in [0.15, 0.2) is 195 Å². The number of nitrogens with zero attached hydrogens (tertiary/aromatic N) is 3. The fourth-order valence-electron chi connectivity index (χ4n) is 8.15. The van der Waals surface area contributed by atoms with Crippen LogP contribution in [0.2, 0.25) is 0 Å². The van der Waals surface area contributed by atoms with Crippen molar-refractivity contribution in [3.05, 3.63) is 193 Å². The van der Waals surface area contributed by atoms with Crippen molar-refractivity contribution in [1.29, 1.82) is 0 Å². The zero-order valence-electron chi connectivity index (χ0n) is 30.1. The van der Waals surface area contributed by atoms with Gasteiger partial charge < -0.3 is 19.1 Å². The highest BCUT2D eigenvalue weighted by Gasteiger charge is 2.23. The predicted molar refractivity (Wildman–Crippen MR) is 232 cm³/mol. The van der Waals surface area contributed by atoms with Gasteiger partial charge in [0, 0.05) is 38.1 Å². The molecule has 0 amide bonds. The van der Waals surface area contributed by atoms with Crippen molar-refractivity contribution in [3.63, 3.8) is 0 Å². The molecule has 6 nitrogen and oxygen atoms in total. The Kier molecular flexibility index (Phi) is 7.06. The second-order valence-corrected chi connectivity index (χ2v) is 14.1. The number of aromatic nitrogens is 1. The monoisotopic (exact) mass is 720 g/mol. The summed E-state index contributed by atoms with van der Waals surface area (Å²) in [6, 6.07) is 57.7. The van der Waals surface area contributed by atoms with Gasteiger partial charge in [-0.15, -0.1) is 0 Å². The summed E-state index contributed by atoms with van der Waals surface area (Å²) in [6.07, 6.45) is 0. The molecule has 2 N–H and O–H groups in total. The molecule has 0 atom stereocenters. The molecular formula is C50H32N4O2. The van der Waals surface area contributed by atoms with Crippen LogP contribution in [0, 0.1) is 0 Å². The topological polar surface area (TPSA) is 82.0 Å². The zero-order valence-corrected chi connectivity index (χ0v) is 30.1. The molecule has 56 heavy (non-hydrogen) atoms. The average Bonchev–Trinajstić information content (AvgIpc) is 3.91. The lowest BCUT2D eigenvalue weighted by Crippen LogP contribution is -2.19. The van der Waals surface area contributed by atoms with E-state index >= 15 is 0 Å². The number of para-hydroxylation sites is 3. The molecule has 0 unspecified atom stereocenters. The van der Waals surface area contributed by atoms with Crippen molar-refractivity contribution in [2.75, 3.05) is 0 Å². The SMILES string of the molecule is C=C(/N=C(\N=C(/N)c1ccc2oc3ccccc3c2c1-n1c2ccccc2c2cc3ccccc3cc21)c1ccc2c(c1)oc1ccccc12)c1ccccc1. The third-order valence-electron chi connectivity index (χ3n) is 10.8. The molecule has 0 saturated heterocycles. The fourth-order valence-corrected chi connectivity index (χ4v) is 8.15. The molecule has 3 heterocycles. The zero-order chi connectivity index (χ0) is 37.3. The van der Waals surface area contributed by atoms with E-state index in [0.717, 1.165) is 93.4 Å². The number of amidine groups is 2. The molecule has 3 aromatic heterocycles. The summed E-state index contributed by atoms with van der Waals surface area (Å²) in [5.74, 6) is 0.707. The second-order valence-electron chi connectivity index (χ2n) is 14.1.